The van der Waals surface area contributed by atoms with Crippen LogP contribution in [0.1, 0.15) is 60.7 Å². The SMILES string of the molecule is CC(C)(C)c1ccc(-c2nnc(SCC(=O)c3ccc4c(c3)CCCC4)o2)cc1. The predicted molar refractivity (Wildman–Crippen MR) is 117 cm³/mol. The van der Waals surface area contributed by atoms with Gasteiger partial charge < -0.3 is 4.42 Å². The van der Waals surface area contributed by atoms with Crippen LogP contribution in [0.4, 0.5) is 0 Å². The third kappa shape index (κ3) is 4.61. The summed E-state index contributed by atoms with van der Waals surface area (Å²) in [7, 11) is 0. The summed E-state index contributed by atoms with van der Waals surface area (Å²) in [5, 5.41) is 8.65. The van der Waals surface area contributed by atoms with Crippen LogP contribution >= 0.6 is 11.8 Å². The molecule has 0 radical (unpaired) electrons. The first kappa shape index (κ1) is 19.9. The topological polar surface area (TPSA) is 56.0 Å². The zero-order valence-corrected chi connectivity index (χ0v) is 18.0. The molecule has 1 aliphatic carbocycles. The van der Waals surface area contributed by atoms with Gasteiger partial charge in [0.15, 0.2) is 5.78 Å². The van der Waals surface area contributed by atoms with Gasteiger partial charge in [0.1, 0.15) is 0 Å². The van der Waals surface area contributed by atoms with Crippen molar-refractivity contribution in [2.75, 3.05) is 5.75 Å². The summed E-state index contributed by atoms with van der Waals surface area (Å²) in [6.45, 7) is 6.55. The van der Waals surface area contributed by atoms with Gasteiger partial charge in [0.25, 0.3) is 5.22 Å². The van der Waals surface area contributed by atoms with Crippen LogP contribution in [0.2, 0.25) is 0 Å². The molecular formula is C24H26N2O2S. The summed E-state index contributed by atoms with van der Waals surface area (Å²) in [6, 6.07) is 14.3. The van der Waals surface area contributed by atoms with E-state index in [0.717, 1.165) is 24.0 Å². The Balaban J connectivity index is 1.40. The van der Waals surface area contributed by atoms with Gasteiger partial charge in [0.2, 0.25) is 5.89 Å². The Hall–Kier alpha value is -2.40. The first-order valence-corrected chi connectivity index (χ1v) is 11.1. The zero-order valence-electron chi connectivity index (χ0n) is 17.2. The lowest BCUT2D eigenvalue weighted by Gasteiger charge is -2.18. The van der Waals surface area contributed by atoms with Crippen molar-refractivity contribution in [3.63, 3.8) is 0 Å². The van der Waals surface area contributed by atoms with E-state index in [2.05, 4.69) is 55.2 Å². The molecule has 0 unspecified atom stereocenters. The second-order valence-electron chi connectivity index (χ2n) is 8.60. The Morgan fingerprint density at radius 1 is 1.00 bits per heavy atom. The molecule has 0 atom stereocenters. The van der Waals surface area contributed by atoms with Gasteiger partial charge in [-0.25, -0.2) is 0 Å². The number of thioether (sulfide) groups is 1. The number of benzene rings is 2. The van der Waals surface area contributed by atoms with E-state index in [9.17, 15) is 4.79 Å². The standard InChI is InChI=1S/C24H26N2O2S/c1-24(2,3)20-12-10-17(11-13-20)22-25-26-23(28-22)29-15-21(27)19-9-8-16-6-4-5-7-18(16)14-19/h8-14H,4-7,15H2,1-3H3. The van der Waals surface area contributed by atoms with Crippen molar-refractivity contribution >= 4 is 17.5 Å². The highest BCUT2D eigenvalue weighted by Crippen LogP contribution is 2.28. The summed E-state index contributed by atoms with van der Waals surface area (Å²) in [4.78, 5) is 12.6. The summed E-state index contributed by atoms with van der Waals surface area (Å²) in [6.07, 6.45) is 4.65. The molecular weight excluding hydrogens is 380 g/mol. The molecule has 5 heteroatoms. The molecule has 4 rings (SSSR count). The lowest BCUT2D eigenvalue weighted by atomic mass is 9.87. The molecule has 0 bridgehead atoms. The van der Waals surface area contributed by atoms with Gasteiger partial charge in [-0.1, -0.05) is 56.8 Å². The van der Waals surface area contributed by atoms with Gasteiger partial charge in [0, 0.05) is 11.1 Å². The van der Waals surface area contributed by atoms with E-state index in [1.165, 1.54) is 41.3 Å². The second kappa shape index (κ2) is 8.15. The Labute approximate surface area is 176 Å². The molecule has 0 aliphatic heterocycles. The summed E-state index contributed by atoms with van der Waals surface area (Å²) in [5.41, 5.74) is 5.73. The maximum absolute atomic E-state index is 12.6. The van der Waals surface area contributed by atoms with Gasteiger partial charge in [0.05, 0.1) is 5.75 Å². The fourth-order valence-corrected chi connectivity index (χ4v) is 4.27. The number of hydrogen-bond donors (Lipinski definition) is 0. The lowest BCUT2D eigenvalue weighted by molar-refractivity contribution is 0.102. The van der Waals surface area contributed by atoms with Crippen LogP contribution in [0.5, 0.6) is 0 Å². The molecule has 0 spiro atoms. The summed E-state index contributed by atoms with van der Waals surface area (Å²) >= 11 is 1.29. The number of Topliss-reactive ketones (excluding diaryl/α,β-unsaturated/α-hetero) is 1. The van der Waals surface area contributed by atoms with Gasteiger partial charge in [-0.2, -0.15) is 0 Å². The van der Waals surface area contributed by atoms with Gasteiger partial charge >= 0.3 is 0 Å². The number of nitrogens with zero attached hydrogens (tertiary/aromatic N) is 2. The zero-order chi connectivity index (χ0) is 20.4. The number of rotatable bonds is 5. The van der Waals surface area contributed by atoms with E-state index in [-0.39, 0.29) is 11.2 Å². The number of ketones is 1. The predicted octanol–water partition coefficient (Wildman–Crippen LogP) is 5.89. The van der Waals surface area contributed by atoms with Crippen LogP contribution < -0.4 is 0 Å². The van der Waals surface area contributed by atoms with E-state index < -0.39 is 0 Å². The smallest absolute Gasteiger partial charge is 0.277 e. The molecule has 1 heterocycles. The van der Waals surface area contributed by atoms with Crippen LogP contribution in [-0.2, 0) is 18.3 Å². The Bertz CT molecular complexity index is 1020. The second-order valence-corrected chi connectivity index (χ2v) is 9.53. The minimum atomic E-state index is 0.0950. The molecule has 29 heavy (non-hydrogen) atoms. The van der Waals surface area contributed by atoms with E-state index in [0.29, 0.717) is 16.9 Å². The van der Waals surface area contributed by atoms with Crippen molar-refractivity contribution in [1.29, 1.82) is 0 Å². The third-order valence-electron chi connectivity index (χ3n) is 5.40. The molecule has 1 aliphatic rings. The molecule has 0 saturated carbocycles. The third-order valence-corrected chi connectivity index (χ3v) is 6.22. The first-order valence-electron chi connectivity index (χ1n) is 10.1. The molecule has 1 aromatic heterocycles. The quantitative estimate of drug-likeness (QED) is 0.391. The Morgan fingerprint density at radius 2 is 1.72 bits per heavy atom. The van der Waals surface area contributed by atoms with Gasteiger partial charge in [-0.3, -0.25) is 4.79 Å². The van der Waals surface area contributed by atoms with Crippen LogP contribution in [0.3, 0.4) is 0 Å². The maximum atomic E-state index is 12.6. The first-order chi connectivity index (χ1) is 13.9. The monoisotopic (exact) mass is 406 g/mol. The molecule has 0 fully saturated rings. The lowest BCUT2D eigenvalue weighted by Crippen LogP contribution is -2.10. The molecule has 0 saturated heterocycles. The van der Waals surface area contributed by atoms with E-state index in [1.807, 2.05) is 18.2 Å². The van der Waals surface area contributed by atoms with Crippen molar-refractivity contribution in [3.8, 4) is 11.5 Å². The largest absolute Gasteiger partial charge is 0.411 e. The van der Waals surface area contributed by atoms with Gasteiger partial charge in [-0.15, -0.1) is 10.2 Å². The van der Waals surface area contributed by atoms with E-state index in [1.54, 1.807) is 0 Å². The van der Waals surface area contributed by atoms with Crippen LogP contribution in [-0.4, -0.2) is 21.7 Å². The number of aryl methyl sites for hydroxylation is 2. The Kier molecular flexibility index (Phi) is 5.59. The molecule has 2 aromatic carbocycles. The molecule has 0 N–H and O–H groups in total. The van der Waals surface area contributed by atoms with Crippen LogP contribution in [0.15, 0.2) is 52.1 Å². The van der Waals surface area contributed by atoms with Crippen LogP contribution in [0.25, 0.3) is 11.5 Å². The molecule has 3 aromatic rings. The Morgan fingerprint density at radius 3 is 2.45 bits per heavy atom. The average molecular weight is 407 g/mol. The maximum Gasteiger partial charge on any atom is 0.277 e. The fraction of sp³-hybridized carbons (Fsp3) is 0.375. The van der Waals surface area contributed by atoms with Gasteiger partial charge in [-0.05, 0) is 66.0 Å². The van der Waals surface area contributed by atoms with Crippen molar-refractivity contribution in [2.24, 2.45) is 0 Å². The van der Waals surface area contributed by atoms with Crippen LogP contribution in [0, 0.1) is 0 Å². The highest BCUT2D eigenvalue weighted by atomic mass is 32.2. The average Bonchev–Trinajstić information content (AvgIpc) is 3.20. The van der Waals surface area contributed by atoms with Crippen molar-refractivity contribution in [1.82, 2.24) is 10.2 Å². The number of aromatic nitrogens is 2. The number of hydrogen-bond acceptors (Lipinski definition) is 5. The van der Waals surface area contributed by atoms with Crippen molar-refractivity contribution < 1.29 is 9.21 Å². The van der Waals surface area contributed by atoms with E-state index in [4.69, 9.17) is 4.42 Å². The fourth-order valence-electron chi connectivity index (χ4n) is 3.62. The number of carbonyl (C=O) groups is 1. The van der Waals surface area contributed by atoms with E-state index >= 15 is 0 Å². The highest BCUT2D eigenvalue weighted by molar-refractivity contribution is 7.99. The summed E-state index contributed by atoms with van der Waals surface area (Å²) < 4.78 is 5.76. The molecule has 0 amide bonds. The minimum absolute atomic E-state index is 0.0950. The van der Waals surface area contributed by atoms with Crippen molar-refractivity contribution in [2.45, 2.75) is 57.1 Å². The van der Waals surface area contributed by atoms with Crippen molar-refractivity contribution in [3.05, 3.63) is 64.7 Å². The minimum Gasteiger partial charge on any atom is -0.411 e. The summed E-state index contributed by atoms with van der Waals surface area (Å²) in [5.74, 6) is 0.871. The molecule has 4 nitrogen and oxygen atoms in total. The number of fused-ring (bicyclic) bond motifs is 1. The number of carbonyl (C=O) groups excluding carboxylic acids is 1. The highest BCUT2D eigenvalue weighted by Gasteiger charge is 2.17. The molecule has 150 valence electrons. The normalized spacial score (nSPS) is 13.9.